The molecule has 5 rings (SSSR count). The summed E-state index contributed by atoms with van der Waals surface area (Å²) in [7, 11) is 1.40. The second-order valence-corrected chi connectivity index (χ2v) is 10.4. The molecule has 1 aliphatic rings. The molecule has 10 nitrogen and oxygen atoms in total. The van der Waals surface area contributed by atoms with E-state index in [4.69, 9.17) is 15.2 Å². The number of carbonyl (C=O) groups excluding carboxylic acids is 2. The lowest BCUT2D eigenvalue weighted by Crippen LogP contribution is -2.51. The molecule has 1 fully saturated rings. The number of amides is 2. The molecule has 2 heterocycles. The van der Waals surface area contributed by atoms with E-state index in [-0.39, 0.29) is 40.8 Å². The average molecular weight is 616 g/mol. The first kappa shape index (κ1) is 30.7. The van der Waals surface area contributed by atoms with E-state index >= 15 is 0 Å². The Hall–Kier alpha value is -4.72. The van der Waals surface area contributed by atoms with Gasteiger partial charge in [-0.25, -0.2) is 9.37 Å². The number of nitrogens with one attached hydrogen (secondary N) is 1. The molecule has 0 spiro atoms. The van der Waals surface area contributed by atoms with E-state index in [1.54, 1.807) is 17.8 Å². The minimum atomic E-state index is -5.35. The van der Waals surface area contributed by atoms with Crippen LogP contribution in [0.1, 0.15) is 47.4 Å². The number of methoxy groups -OCH3 is 1. The lowest BCUT2D eigenvalue weighted by Gasteiger charge is -2.31. The van der Waals surface area contributed by atoms with Gasteiger partial charge in [0.1, 0.15) is 23.0 Å². The van der Waals surface area contributed by atoms with Gasteiger partial charge in [-0.05, 0) is 62.2 Å². The number of ether oxygens (including phenoxy) is 2. The molecule has 2 aromatic carbocycles. The van der Waals surface area contributed by atoms with Crippen LogP contribution < -0.4 is 20.5 Å². The van der Waals surface area contributed by atoms with Crippen molar-refractivity contribution in [3.63, 3.8) is 0 Å². The molecule has 1 aliphatic carbocycles. The first-order valence-corrected chi connectivity index (χ1v) is 13.7. The minimum absolute atomic E-state index is 0.0117. The molecule has 0 radical (unpaired) electrons. The van der Waals surface area contributed by atoms with Gasteiger partial charge in [0.2, 0.25) is 11.5 Å². The molecule has 1 atom stereocenters. The number of rotatable bonds is 11. The maximum absolute atomic E-state index is 14.7. The molecule has 4 N–H and O–H groups in total. The molecular weight excluding hydrogens is 586 g/mol. The maximum atomic E-state index is 14.7. The summed E-state index contributed by atoms with van der Waals surface area (Å²) in [6.07, 6.45) is -2.50. The number of fused-ring (bicyclic) bond motifs is 1. The predicted molar refractivity (Wildman–Crippen MR) is 151 cm³/mol. The van der Waals surface area contributed by atoms with Crippen LogP contribution in [0.5, 0.6) is 11.5 Å². The molecule has 44 heavy (non-hydrogen) atoms. The van der Waals surface area contributed by atoms with Crippen molar-refractivity contribution in [3.05, 3.63) is 71.3 Å². The van der Waals surface area contributed by atoms with Crippen LogP contribution in [0, 0.1) is 5.82 Å². The van der Waals surface area contributed by atoms with E-state index in [0.717, 1.165) is 31.0 Å². The molecule has 0 unspecified atom stereocenters. The van der Waals surface area contributed by atoms with Gasteiger partial charge < -0.3 is 25.6 Å². The lowest BCUT2D eigenvalue weighted by atomic mass is 9.93. The largest absolute Gasteiger partial charge is 0.496 e. The highest BCUT2D eigenvalue weighted by Gasteiger charge is 2.56. The number of benzene rings is 2. The number of halogens is 4. The van der Waals surface area contributed by atoms with Gasteiger partial charge in [-0.15, -0.1) is 0 Å². The van der Waals surface area contributed by atoms with E-state index < -0.39 is 48.1 Å². The summed E-state index contributed by atoms with van der Waals surface area (Å²) in [5.74, 6) is -2.16. The highest BCUT2D eigenvalue weighted by atomic mass is 19.4. The van der Waals surface area contributed by atoms with Crippen LogP contribution in [0.15, 0.2) is 48.7 Å². The fraction of sp³-hybridized carbons (Fsp3) is 0.333. The molecule has 232 valence electrons. The fourth-order valence-corrected chi connectivity index (χ4v) is 4.90. The van der Waals surface area contributed by atoms with Crippen LogP contribution in [0.2, 0.25) is 0 Å². The zero-order valence-electron chi connectivity index (χ0n) is 23.7. The number of primary amides is 1. The van der Waals surface area contributed by atoms with E-state index in [1.807, 2.05) is 0 Å². The number of nitrogens with two attached hydrogens (primary N) is 1. The van der Waals surface area contributed by atoms with Crippen molar-refractivity contribution in [1.29, 1.82) is 0 Å². The summed E-state index contributed by atoms with van der Waals surface area (Å²) in [4.78, 5) is 29.2. The number of aliphatic hydroxyl groups is 1. The predicted octanol–water partition coefficient (Wildman–Crippen LogP) is 4.19. The lowest BCUT2D eigenvalue weighted by molar-refractivity contribution is -0.265. The summed E-state index contributed by atoms with van der Waals surface area (Å²) in [6, 6.07) is 8.57. The third-order valence-electron chi connectivity index (χ3n) is 7.27. The molecule has 0 saturated heterocycles. The monoisotopic (exact) mass is 615 g/mol. The average Bonchev–Trinajstić information content (AvgIpc) is 3.73. The van der Waals surface area contributed by atoms with Gasteiger partial charge >= 0.3 is 6.18 Å². The molecule has 4 aromatic rings. The Morgan fingerprint density at radius 1 is 1.16 bits per heavy atom. The van der Waals surface area contributed by atoms with Crippen molar-refractivity contribution in [1.82, 2.24) is 20.1 Å². The summed E-state index contributed by atoms with van der Waals surface area (Å²) in [5.41, 5.74) is 1.18. The van der Waals surface area contributed by atoms with Crippen molar-refractivity contribution >= 4 is 22.7 Å². The standard InChI is InChI=1S/C30H29F4N5O5/c1-3-44-27-17(13-25(35)40)12-24(38-26(27)16-4-6-19(31)7-5-16)29(42,30(32,33)34)15-36-28(41)18-10-22-21(23(11-18)43-2)14-37-39(22)20-8-9-20/h4-7,10-12,14,20,42H,3,8-9,13,15H2,1-2H3,(H2,35,40)(H,36,41)/t29-/m0/s1. The number of hydrogen-bond donors (Lipinski definition) is 3. The SMILES string of the molecule is CCOc1c(CC(N)=O)cc([C@@](O)(CNC(=O)c2cc(OC)c3cnn(C4CC4)c3c2)C(F)(F)F)nc1-c1ccc(F)cc1. The van der Waals surface area contributed by atoms with Gasteiger partial charge in [-0.3, -0.25) is 14.3 Å². The van der Waals surface area contributed by atoms with Gasteiger partial charge in [0.05, 0.1) is 55.5 Å². The Balaban J connectivity index is 1.56. The fourth-order valence-electron chi connectivity index (χ4n) is 4.90. The minimum Gasteiger partial charge on any atom is -0.496 e. The van der Waals surface area contributed by atoms with Crippen LogP contribution in [-0.2, 0) is 16.8 Å². The Bertz CT molecular complexity index is 1720. The normalized spacial score (nSPS) is 14.7. The van der Waals surface area contributed by atoms with Gasteiger partial charge in [0.25, 0.3) is 5.91 Å². The smallest absolute Gasteiger partial charge is 0.424 e. The maximum Gasteiger partial charge on any atom is 0.424 e. The third-order valence-corrected chi connectivity index (χ3v) is 7.27. The zero-order valence-corrected chi connectivity index (χ0v) is 23.7. The highest BCUT2D eigenvalue weighted by molar-refractivity contribution is 6.00. The molecule has 1 saturated carbocycles. The number of carbonyl (C=O) groups is 2. The van der Waals surface area contributed by atoms with Crippen molar-refractivity contribution in [2.45, 2.75) is 44.0 Å². The van der Waals surface area contributed by atoms with E-state index in [2.05, 4.69) is 15.4 Å². The third kappa shape index (κ3) is 5.89. The second kappa shape index (κ2) is 11.8. The van der Waals surface area contributed by atoms with Gasteiger partial charge in [0, 0.05) is 16.7 Å². The highest BCUT2D eigenvalue weighted by Crippen LogP contribution is 2.42. The van der Waals surface area contributed by atoms with Crippen molar-refractivity contribution in [2.24, 2.45) is 5.73 Å². The van der Waals surface area contributed by atoms with Gasteiger partial charge in [0.15, 0.2) is 0 Å². The number of alkyl halides is 3. The molecular formula is C30H29F4N5O5. The van der Waals surface area contributed by atoms with E-state index in [9.17, 15) is 32.3 Å². The summed E-state index contributed by atoms with van der Waals surface area (Å²) in [5, 5.41) is 18.4. The Morgan fingerprint density at radius 3 is 2.45 bits per heavy atom. The number of hydrogen-bond acceptors (Lipinski definition) is 7. The van der Waals surface area contributed by atoms with E-state index in [0.29, 0.717) is 16.7 Å². The van der Waals surface area contributed by atoms with Crippen LogP contribution in [0.3, 0.4) is 0 Å². The molecule has 0 bridgehead atoms. The Morgan fingerprint density at radius 2 is 1.86 bits per heavy atom. The Labute approximate surface area is 248 Å². The van der Waals surface area contributed by atoms with Crippen molar-refractivity contribution in [3.8, 4) is 22.8 Å². The van der Waals surface area contributed by atoms with Crippen molar-refractivity contribution in [2.75, 3.05) is 20.3 Å². The van der Waals surface area contributed by atoms with Crippen LogP contribution in [0.25, 0.3) is 22.2 Å². The van der Waals surface area contributed by atoms with Gasteiger partial charge in [-0.2, -0.15) is 18.3 Å². The number of nitrogens with zero attached hydrogens (tertiary/aromatic N) is 3. The Kier molecular flexibility index (Phi) is 8.21. The topological polar surface area (TPSA) is 142 Å². The van der Waals surface area contributed by atoms with Crippen LogP contribution in [-0.4, -0.2) is 58.1 Å². The summed E-state index contributed by atoms with van der Waals surface area (Å²) < 4.78 is 70.4. The summed E-state index contributed by atoms with van der Waals surface area (Å²) >= 11 is 0. The van der Waals surface area contributed by atoms with Crippen LogP contribution in [0.4, 0.5) is 17.6 Å². The zero-order chi connectivity index (χ0) is 31.8. The molecule has 2 amide bonds. The first-order valence-electron chi connectivity index (χ1n) is 13.7. The second-order valence-electron chi connectivity index (χ2n) is 10.4. The number of pyridine rings is 1. The molecule has 14 heteroatoms. The first-order chi connectivity index (χ1) is 20.9. The molecule has 2 aromatic heterocycles. The van der Waals surface area contributed by atoms with E-state index in [1.165, 1.54) is 31.4 Å². The molecule has 0 aliphatic heterocycles. The van der Waals surface area contributed by atoms with Gasteiger partial charge in [-0.1, -0.05) is 0 Å². The summed E-state index contributed by atoms with van der Waals surface area (Å²) in [6.45, 7) is 0.327. The quantitative estimate of drug-likeness (QED) is 0.215. The van der Waals surface area contributed by atoms with Crippen molar-refractivity contribution < 1.29 is 41.7 Å². The number of aromatic nitrogens is 3. The van der Waals surface area contributed by atoms with Crippen LogP contribution >= 0.6 is 0 Å².